The molecular formula is C18H30N4O2. The molecule has 0 saturated heterocycles. The van der Waals surface area contributed by atoms with Crippen LogP contribution in [0, 0.1) is 0 Å². The third-order valence-electron chi connectivity index (χ3n) is 2.98. The lowest BCUT2D eigenvalue weighted by Crippen LogP contribution is -2.38. The van der Waals surface area contributed by atoms with Gasteiger partial charge in [0.2, 0.25) is 0 Å². The first-order valence-corrected chi connectivity index (χ1v) is 8.24. The van der Waals surface area contributed by atoms with Gasteiger partial charge in [0.1, 0.15) is 5.60 Å². The summed E-state index contributed by atoms with van der Waals surface area (Å²) in [6, 6.07) is 10.1. The zero-order valence-electron chi connectivity index (χ0n) is 15.4. The molecular weight excluding hydrogens is 304 g/mol. The van der Waals surface area contributed by atoms with Gasteiger partial charge in [-0.3, -0.25) is 0 Å². The van der Waals surface area contributed by atoms with Crippen molar-refractivity contribution >= 4 is 12.1 Å². The van der Waals surface area contributed by atoms with Crippen LogP contribution < -0.4 is 10.6 Å². The summed E-state index contributed by atoms with van der Waals surface area (Å²) in [5.41, 5.74) is 0.704. The zero-order valence-corrected chi connectivity index (χ0v) is 15.4. The summed E-state index contributed by atoms with van der Waals surface area (Å²) < 4.78 is 5.19. The predicted molar refractivity (Wildman–Crippen MR) is 98.1 cm³/mol. The quantitative estimate of drug-likeness (QED) is 0.477. The molecule has 0 fully saturated rings. The topological polar surface area (TPSA) is 66.0 Å². The van der Waals surface area contributed by atoms with E-state index in [0.29, 0.717) is 13.1 Å². The number of amides is 1. The second-order valence-corrected chi connectivity index (χ2v) is 6.73. The molecule has 1 aromatic carbocycles. The van der Waals surface area contributed by atoms with Gasteiger partial charge in [0, 0.05) is 27.2 Å². The average molecular weight is 334 g/mol. The van der Waals surface area contributed by atoms with E-state index in [1.54, 1.807) is 0 Å². The highest BCUT2D eigenvalue weighted by atomic mass is 16.6. The lowest BCUT2D eigenvalue weighted by molar-refractivity contribution is 0.0527. The Bertz CT molecular complexity index is 522. The molecule has 0 atom stereocenters. The van der Waals surface area contributed by atoms with E-state index in [-0.39, 0.29) is 6.09 Å². The molecule has 1 amide bonds. The van der Waals surface area contributed by atoms with E-state index in [0.717, 1.165) is 18.9 Å². The van der Waals surface area contributed by atoms with Gasteiger partial charge in [-0.25, -0.2) is 9.79 Å². The Hall–Kier alpha value is -2.24. The molecule has 0 heterocycles. The summed E-state index contributed by atoms with van der Waals surface area (Å²) in [7, 11) is 3.91. The number of alkyl carbamates (subject to hydrolysis) is 1. The van der Waals surface area contributed by atoms with Crippen LogP contribution in [0.3, 0.4) is 0 Å². The van der Waals surface area contributed by atoms with E-state index in [1.807, 2.05) is 58.0 Å². The number of nitrogens with zero attached hydrogens (tertiary/aromatic N) is 2. The fraction of sp³-hybridized carbons (Fsp3) is 0.556. The maximum Gasteiger partial charge on any atom is 0.407 e. The summed E-state index contributed by atoms with van der Waals surface area (Å²) in [5, 5.41) is 6.04. The van der Waals surface area contributed by atoms with Crippen LogP contribution in [0.2, 0.25) is 0 Å². The largest absolute Gasteiger partial charge is 0.444 e. The maximum absolute atomic E-state index is 11.5. The predicted octanol–water partition coefficient (Wildman–Crippen LogP) is 2.61. The highest BCUT2D eigenvalue weighted by Crippen LogP contribution is 2.06. The van der Waals surface area contributed by atoms with Gasteiger partial charge in [-0.1, -0.05) is 30.3 Å². The van der Waals surface area contributed by atoms with Gasteiger partial charge in [0.25, 0.3) is 0 Å². The first kappa shape index (κ1) is 19.8. The van der Waals surface area contributed by atoms with E-state index in [4.69, 9.17) is 4.74 Å². The summed E-state index contributed by atoms with van der Waals surface area (Å²) in [5.74, 6) is 0.830. The number of guanidine groups is 1. The first-order chi connectivity index (χ1) is 11.3. The Morgan fingerprint density at radius 2 is 1.75 bits per heavy atom. The van der Waals surface area contributed by atoms with Crippen LogP contribution >= 0.6 is 0 Å². The molecule has 0 saturated carbocycles. The van der Waals surface area contributed by atoms with E-state index in [9.17, 15) is 4.79 Å². The Balaban J connectivity index is 2.30. The molecule has 1 aromatic rings. The molecule has 0 bridgehead atoms. The number of carbonyl (C=O) groups is 1. The lowest BCUT2D eigenvalue weighted by Gasteiger charge is -2.20. The number of nitrogens with one attached hydrogen (secondary N) is 2. The number of hydrogen-bond acceptors (Lipinski definition) is 3. The van der Waals surface area contributed by atoms with Crippen molar-refractivity contribution < 1.29 is 9.53 Å². The van der Waals surface area contributed by atoms with Crippen molar-refractivity contribution in [3.63, 3.8) is 0 Å². The number of rotatable bonds is 6. The molecule has 0 aliphatic rings. The van der Waals surface area contributed by atoms with Gasteiger partial charge < -0.3 is 20.3 Å². The number of aliphatic imine (C=N–C) groups is 1. The normalized spacial score (nSPS) is 11.8. The van der Waals surface area contributed by atoms with Crippen molar-refractivity contribution in [3.05, 3.63) is 35.9 Å². The number of ether oxygens (including phenoxy) is 1. The van der Waals surface area contributed by atoms with E-state index < -0.39 is 5.60 Å². The van der Waals surface area contributed by atoms with Gasteiger partial charge in [0.05, 0.1) is 6.54 Å². The minimum absolute atomic E-state index is 0.381. The Labute approximate surface area is 145 Å². The molecule has 0 aliphatic carbocycles. The molecule has 6 nitrogen and oxygen atoms in total. The molecule has 1 rings (SSSR count). The molecule has 6 heteroatoms. The smallest absolute Gasteiger partial charge is 0.407 e. The van der Waals surface area contributed by atoms with Gasteiger partial charge in [-0.2, -0.15) is 0 Å². The van der Waals surface area contributed by atoms with Crippen molar-refractivity contribution in [2.75, 3.05) is 27.2 Å². The van der Waals surface area contributed by atoms with E-state index in [1.165, 1.54) is 5.56 Å². The molecule has 2 N–H and O–H groups in total. The highest BCUT2D eigenvalue weighted by Gasteiger charge is 2.15. The minimum Gasteiger partial charge on any atom is -0.444 e. The van der Waals surface area contributed by atoms with Crippen molar-refractivity contribution in [2.45, 2.75) is 39.3 Å². The maximum atomic E-state index is 11.5. The Morgan fingerprint density at radius 1 is 1.12 bits per heavy atom. The third kappa shape index (κ3) is 9.02. The second-order valence-electron chi connectivity index (χ2n) is 6.73. The number of carbonyl (C=O) groups excluding carboxylic acids is 1. The average Bonchev–Trinajstić information content (AvgIpc) is 2.48. The fourth-order valence-electron chi connectivity index (χ4n) is 1.90. The van der Waals surface area contributed by atoms with E-state index in [2.05, 4.69) is 27.8 Å². The van der Waals surface area contributed by atoms with Gasteiger partial charge in [0.15, 0.2) is 5.96 Å². The van der Waals surface area contributed by atoms with Crippen LogP contribution in [0.4, 0.5) is 4.79 Å². The molecule has 0 aliphatic heterocycles. The SMILES string of the molecule is CN(C)C(=NCc1ccccc1)NCCCNC(=O)OC(C)(C)C. The van der Waals surface area contributed by atoms with Gasteiger partial charge in [-0.15, -0.1) is 0 Å². The van der Waals surface area contributed by atoms with Crippen LogP contribution in [0.5, 0.6) is 0 Å². The molecule has 134 valence electrons. The van der Waals surface area contributed by atoms with Crippen LogP contribution in [0.1, 0.15) is 32.8 Å². The third-order valence-corrected chi connectivity index (χ3v) is 2.98. The van der Waals surface area contributed by atoms with Crippen molar-refractivity contribution in [1.82, 2.24) is 15.5 Å². The Kier molecular flexibility index (Phi) is 8.09. The fourth-order valence-corrected chi connectivity index (χ4v) is 1.90. The monoisotopic (exact) mass is 334 g/mol. The Morgan fingerprint density at radius 3 is 2.33 bits per heavy atom. The van der Waals surface area contributed by atoms with Crippen molar-refractivity contribution in [2.24, 2.45) is 4.99 Å². The van der Waals surface area contributed by atoms with Gasteiger partial charge >= 0.3 is 6.09 Å². The molecule has 0 radical (unpaired) electrons. The number of benzene rings is 1. The van der Waals surface area contributed by atoms with Crippen molar-refractivity contribution in [1.29, 1.82) is 0 Å². The summed E-state index contributed by atoms with van der Waals surface area (Å²) >= 11 is 0. The lowest BCUT2D eigenvalue weighted by atomic mass is 10.2. The first-order valence-electron chi connectivity index (χ1n) is 8.24. The highest BCUT2D eigenvalue weighted by molar-refractivity contribution is 5.79. The second kappa shape index (κ2) is 9.80. The van der Waals surface area contributed by atoms with Crippen LogP contribution in [-0.4, -0.2) is 49.7 Å². The number of hydrogen-bond donors (Lipinski definition) is 2. The molecule has 24 heavy (non-hydrogen) atoms. The van der Waals surface area contributed by atoms with E-state index >= 15 is 0 Å². The van der Waals surface area contributed by atoms with Crippen LogP contribution in [0.15, 0.2) is 35.3 Å². The molecule has 0 spiro atoms. The zero-order chi connectivity index (χ0) is 18.0. The van der Waals surface area contributed by atoms with Gasteiger partial charge in [-0.05, 0) is 32.8 Å². The summed E-state index contributed by atoms with van der Waals surface area (Å²) in [6.07, 6.45) is 0.408. The van der Waals surface area contributed by atoms with Crippen molar-refractivity contribution in [3.8, 4) is 0 Å². The van der Waals surface area contributed by atoms with Crippen LogP contribution in [0.25, 0.3) is 0 Å². The van der Waals surface area contributed by atoms with Crippen LogP contribution in [-0.2, 0) is 11.3 Å². The summed E-state index contributed by atoms with van der Waals surface area (Å²) in [4.78, 5) is 18.1. The molecule has 0 unspecified atom stereocenters. The minimum atomic E-state index is -0.468. The molecule has 0 aromatic heterocycles. The summed E-state index contributed by atoms with van der Waals surface area (Å²) in [6.45, 7) is 7.46. The standard InChI is InChI=1S/C18H30N4O2/c1-18(2,3)24-17(23)20-13-9-12-19-16(22(4)5)21-14-15-10-7-6-8-11-15/h6-8,10-11H,9,12-14H2,1-5H3,(H,19,21)(H,20,23).